The molecule has 8 nitrogen and oxygen atoms in total. The molecule has 0 spiro atoms. The van der Waals surface area contributed by atoms with Gasteiger partial charge in [-0.2, -0.15) is 0 Å². The summed E-state index contributed by atoms with van der Waals surface area (Å²) in [5.74, 6) is -0.399. The van der Waals surface area contributed by atoms with Crippen LogP contribution in [0.15, 0.2) is 60.8 Å². The first-order valence-electron chi connectivity index (χ1n) is 18.0. The van der Waals surface area contributed by atoms with E-state index in [0.29, 0.717) is 24.1 Å². The van der Waals surface area contributed by atoms with Gasteiger partial charge >= 0.3 is 13.8 Å². The number of phosphoric ester groups is 1. The number of hydrogen-bond donors (Lipinski definition) is 1. The minimum absolute atomic E-state index is 0.0722. The number of unbranched alkanes of at least 4 members (excludes halogenated alkanes) is 8. The smallest absolute Gasteiger partial charge is 0.457 e. The molecular formula is C38H69NO7P+. The summed E-state index contributed by atoms with van der Waals surface area (Å²) in [6.07, 6.45) is 37.0. The van der Waals surface area contributed by atoms with Gasteiger partial charge in [0.05, 0.1) is 34.4 Å². The fourth-order valence-electron chi connectivity index (χ4n) is 4.25. The molecule has 1 N–H and O–H groups in total. The van der Waals surface area contributed by atoms with Gasteiger partial charge in [-0.25, -0.2) is 4.57 Å². The van der Waals surface area contributed by atoms with Gasteiger partial charge in [-0.05, 0) is 57.8 Å². The Hall–Kier alpha value is -1.80. The molecule has 0 aromatic heterocycles. The van der Waals surface area contributed by atoms with Crippen molar-refractivity contribution < 1.29 is 37.3 Å². The number of hydrogen-bond acceptors (Lipinski definition) is 6. The SMILES string of the molecule is CC/C=C\C/C=C\C/C=C\C/C=C\CCC(=O)OC(COCCCCCCCC/C=C\CCCC)COP(=O)(O)OCC[N+](C)(C)C. The van der Waals surface area contributed by atoms with E-state index in [-0.39, 0.29) is 26.2 Å². The molecule has 0 fully saturated rings. The number of likely N-dealkylation sites (N-methyl/N-ethyl adjacent to an activating group) is 1. The van der Waals surface area contributed by atoms with Gasteiger partial charge in [0, 0.05) is 13.0 Å². The van der Waals surface area contributed by atoms with E-state index in [2.05, 4.69) is 62.5 Å². The Balaban J connectivity index is 4.48. The van der Waals surface area contributed by atoms with Gasteiger partial charge in [-0.15, -0.1) is 0 Å². The van der Waals surface area contributed by atoms with Crippen molar-refractivity contribution in [3.8, 4) is 0 Å². The summed E-state index contributed by atoms with van der Waals surface area (Å²) >= 11 is 0. The number of carbonyl (C=O) groups excluding carboxylic acids is 1. The molecule has 0 bridgehead atoms. The predicted molar refractivity (Wildman–Crippen MR) is 196 cm³/mol. The Morgan fingerprint density at radius 3 is 1.85 bits per heavy atom. The average molecular weight is 683 g/mol. The summed E-state index contributed by atoms with van der Waals surface area (Å²) in [7, 11) is 1.61. The van der Waals surface area contributed by atoms with Crippen molar-refractivity contribution in [1.82, 2.24) is 0 Å². The maximum absolute atomic E-state index is 12.5. The van der Waals surface area contributed by atoms with E-state index in [9.17, 15) is 14.3 Å². The fraction of sp³-hybridized carbons (Fsp3) is 0.711. The van der Waals surface area contributed by atoms with Crippen LogP contribution in [-0.2, 0) is 27.9 Å². The third kappa shape index (κ3) is 35.3. The third-order valence-corrected chi connectivity index (χ3v) is 8.06. The lowest BCUT2D eigenvalue weighted by atomic mass is 10.1. The average Bonchev–Trinajstić information content (AvgIpc) is 3.01. The summed E-state index contributed by atoms with van der Waals surface area (Å²) < 4.78 is 34.7. The van der Waals surface area contributed by atoms with E-state index in [1.807, 2.05) is 33.3 Å². The minimum atomic E-state index is -4.29. The summed E-state index contributed by atoms with van der Waals surface area (Å²) in [4.78, 5) is 22.7. The lowest BCUT2D eigenvalue weighted by molar-refractivity contribution is -0.870. The molecule has 0 saturated carbocycles. The number of phosphoric acid groups is 1. The first kappa shape index (κ1) is 45.2. The zero-order chi connectivity index (χ0) is 34.9. The Morgan fingerprint density at radius 2 is 1.23 bits per heavy atom. The van der Waals surface area contributed by atoms with Crippen LogP contribution in [0.3, 0.4) is 0 Å². The van der Waals surface area contributed by atoms with E-state index >= 15 is 0 Å². The van der Waals surface area contributed by atoms with Crippen molar-refractivity contribution >= 4 is 13.8 Å². The Kier molecular flexibility index (Phi) is 30.3. The molecule has 2 unspecified atom stereocenters. The molecule has 47 heavy (non-hydrogen) atoms. The summed E-state index contributed by atoms with van der Waals surface area (Å²) in [6, 6.07) is 0. The molecule has 0 radical (unpaired) electrons. The molecule has 272 valence electrons. The molecule has 0 rings (SSSR count). The van der Waals surface area contributed by atoms with Crippen LogP contribution in [0.5, 0.6) is 0 Å². The van der Waals surface area contributed by atoms with Crippen LogP contribution < -0.4 is 0 Å². The van der Waals surface area contributed by atoms with Gasteiger partial charge in [0.25, 0.3) is 0 Å². The second kappa shape index (κ2) is 31.5. The summed E-state index contributed by atoms with van der Waals surface area (Å²) in [5, 5.41) is 0. The normalized spacial score (nSPS) is 14.8. The molecule has 0 heterocycles. The van der Waals surface area contributed by atoms with Crippen molar-refractivity contribution in [3.63, 3.8) is 0 Å². The summed E-state index contributed by atoms with van der Waals surface area (Å²) in [6.45, 7) is 5.32. The van der Waals surface area contributed by atoms with Gasteiger partial charge in [0.1, 0.15) is 19.3 Å². The summed E-state index contributed by atoms with van der Waals surface area (Å²) in [5.41, 5.74) is 0. The maximum Gasteiger partial charge on any atom is 0.472 e. The Morgan fingerprint density at radius 1 is 0.681 bits per heavy atom. The molecule has 0 aromatic rings. The third-order valence-electron chi connectivity index (χ3n) is 7.08. The lowest BCUT2D eigenvalue weighted by Crippen LogP contribution is -2.37. The van der Waals surface area contributed by atoms with Crippen molar-refractivity contribution in [1.29, 1.82) is 0 Å². The highest BCUT2D eigenvalue weighted by Gasteiger charge is 2.26. The molecular weight excluding hydrogens is 613 g/mol. The van der Waals surface area contributed by atoms with E-state index in [0.717, 1.165) is 38.5 Å². The molecule has 0 aliphatic carbocycles. The Labute approximate surface area is 288 Å². The van der Waals surface area contributed by atoms with Crippen molar-refractivity contribution in [2.24, 2.45) is 0 Å². The first-order valence-corrected chi connectivity index (χ1v) is 19.5. The van der Waals surface area contributed by atoms with Crippen LogP contribution in [0.25, 0.3) is 0 Å². The maximum atomic E-state index is 12.5. The van der Waals surface area contributed by atoms with Crippen LogP contribution in [-0.4, -0.2) is 75.6 Å². The molecule has 0 saturated heterocycles. The highest BCUT2D eigenvalue weighted by Crippen LogP contribution is 2.43. The van der Waals surface area contributed by atoms with Gasteiger partial charge in [-0.3, -0.25) is 13.8 Å². The van der Waals surface area contributed by atoms with Crippen molar-refractivity contribution in [2.75, 3.05) is 54.1 Å². The van der Waals surface area contributed by atoms with Crippen LogP contribution in [0.4, 0.5) is 0 Å². The quantitative estimate of drug-likeness (QED) is 0.0248. The van der Waals surface area contributed by atoms with E-state index < -0.39 is 19.9 Å². The second-order valence-corrected chi connectivity index (χ2v) is 14.3. The monoisotopic (exact) mass is 682 g/mol. The van der Waals surface area contributed by atoms with E-state index in [1.54, 1.807) is 0 Å². The topological polar surface area (TPSA) is 91.3 Å². The Bertz CT molecular complexity index is 937. The highest BCUT2D eigenvalue weighted by molar-refractivity contribution is 7.47. The van der Waals surface area contributed by atoms with Gasteiger partial charge in [0.15, 0.2) is 0 Å². The largest absolute Gasteiger partial charge is 0.472 e. The van der Waals surface area contributed by atoms with Crippen molar-refractivity contribution in [2.45, 2.75) is 123 Å². The molecule has 9 heteroatoms. The molecule has 2 atom stereocenters. The van der Waals surface area contributed by atoms with Gasteiger partial charge < -0.3 is 18.9 Å². The van der Waals surface area contributed by atoms with Gasteiger partial charge in [0.2, 0.25) is 0 Å². The number of rotatable bonds is 32. The lowest BCUT2D eigenvalue weighted by Gasteiger charge is -2.24. The van der Waals surface area contributed by atoms with Crippen LogP contribution in [0, 0.1) is 0 Å². The number of ether oxygens (including phenoxy) is 2. The predicted octanol–water partition coefficient (Wildman–Crippen LogP) is 9.82. The number of nitrogens with zero attached hydrogens (tertiary/aromatic N) is 1. The molecule has 0 aliphatic heterocycles. The van der Waals surface area contributed by atoms with Crippen molar-refractivity contribution in [3.05, 3.63) is 60.8 Å². The molecule has 0 amide bonds. The molecule has 0 aliphatic rings. The number of esters is 1. The second-order valence-electron chi connectivity index (χ2n) is 12.9. The number of allylic oxidation sites excluding steroid dienone is 10. The number of quaternary nitrogens is 1. The number of carbonyl (C=O) groups is 1. The molecule has 0 aromatic carbocycles. The first-order chi connectivity index (χ1) is 22.6. The van der Waals surface area contributed by atoms with E-state index in [4.69, 9.17) is 18.5 Å². The zero-order valence-electron chi connectivity index (χ0n) is 30.5. The standard InChI is InChI=1S/C38H68NO7P/c1-6-8-10-12-14-16-18-20-21-23-25-27-29-31-38(40)46-37(36-45-47(41,42)44-34-32-39(3,4)5)35-43-33-30-28-26-24-22-19-17-15-13-11-9-7-2/h8,10,13-16,20-21,25,27,37H,6-7,9,11-12,17-19,22-24,26,28-36H2,1-5H3/p+1/b10-8-,15-13-,16-14-,21-20-,27-25-. The minimum Gasteiger partial charge on any atom is -0.457 e. The van der Waals surface area contributed by atoms with Crippen LogP contribution in [0.2, 0.25) is 0 Å². The highest BCUT2D eigenvalue weighted by atomic mass is 31.2. The van der Waals surface area contributed by atoms with Crippen LogP contribution >= 0.6 is 7.82 Å². The zero-order valence-corrected chi connectivity index (χ0v) is 31.4. The van der Waals surface area contributed by atoms with Gasteiger partial charge in [-0.1, -0.05) is 113 Å². The van der Waals surface area contributed by atoms with E-state index in [1.165, 1.54) is 51.4 Å². The fourth-order valence-corrected chi connectivity index (χ4v) is 4.99. The van der Waals surface area contributed by atoms with Crippen LogP contribution in [0.1, 0.15) is 117 Å².